The summed E-state index contributed by atoms with van der Waals surface area (Å²) in [5.74, 6) is 2.12. The van der Waals surface area contributed by atoms with Gasteiger partial charge < -0.3 is 4.74 Å². The van der Waals surface area contributed by atoms with E-state index >= 15 is 0 Å². The highest BCUT2D eigenvalue weighted by molar-refractivity contribution is 9.10. The van der Waals surface area contributed by atoms with Crippen LogP contribution in [0.1, 0.15) is 56.2 Å². The first-order chi connectivity index (χ1) is 17.5. The van der Waals surface area contributed by atoms with Crippen molar-refractivity contribution in [2.45, 2.75) is 58.5 Å². The summed E-state index contributed by atoms with van der Waals surface area (Å²) in [7, 11) is 1.65. The highest BCUT2D eigenvalue weighted by atomic mass is 79.9. The summed E-state index contributed by atoms with van der Waals surface area (Å²) in [6, 6.07) is 15.6. The summed E-state index contributed by atoms with van der Waals surface area (Å²) in [6.45, 7) is 3.05. The molecule has 4 rings (SSSR count). The lowest BCUT2D eigenvalue weighted by Gasteiger charge is -2.09. The van der Waals surface area contributed by atoms with Gasteiger partial charge in [-0.2, -0.15) is 10.2 Å². The molecule has 0 fully saturated rings. The van der Waals surface area contributed by atoms with E-state index in [1.165, 1.54) is 19.3 Å². The molecular formula is C26H31BrN6O2S. The van der Waals surface area contributed by atoms with Gasteiger partial charge in [-0.25, -0.2) is 9.48 Å². The quantitative estimate of drug-likeness (QED) is 0.175. The zero-order chi connectivity index (χ0) is 25.5. The maximum atomic E-state index is 13.5. The van der Waals surface area contributed by atoms with Gasteiger partial charge in [-0.05, 0) is 60.6 Å². The average molecular weight is 572 g/mol. The van der Waals surface area contributed by atoms with Crippen LogP contribution in [-0.2, 0) is 19.5 Å². The first kappa shape index (κ1) is 26.1. The van der Waals surface area contributed by atoms with Crippen molar-refractivity contribution in [1.82, 2.24) is 29.1 Å². The van der Waals surface area contributed by atoms with E-state index in [4.69, 9.17) is 22.1 Å². The minimum atomic E-state index is -0.134. The monoisotopic (exact) mass is 570 g/mol. The average Bonchev–Trinajstić information content (AvgIpc) is 3.39. The number of hydrogen-bond acceptors (Lipinski definition) is 5. The van der Waals surface area contributed by atoms with E-state index in [9.17, 15) is 4.79 Å². The zero-order valence-electron chi connectivity index (χ0n) is 20.6. The van der Waals surface area contributed by atoms with E-state index in [-0.39, 0.29) is 12.2 Å². The standard InChI is InChI=1S/C26H31BrN6O2S/c1-3-4-5-6-7-16-32-26(34)31(23(30-32)17-19-8-14-22(35-2)15-9-19)18-24-28-29-25(36)33(24)21-12-10-20(27)11-13-21/h8-15H,3-7,16-18H2,1-2H3,(H,29,36). The molecule has 0 saturated heterocycles. The number of methoxy groups -OCH3 is 1. The molecule has 190 valence electrons. The van der Waals surface area contributed by atoms with E-state index in [0.29, 0.717) is 29.4 Å². The first-order valence-electron chi connectivity index (χ1n) is 12.2. The maximum Gasteiger partial charge on any atom is 0.346 e. The predicted octanol–water partition coefficient (Wildman–Crippen LogP) is 5.67. The Morgan fingerprint density at radius 1 is 1.00 bits per heavy atom. The van der Waals surface area contributed by atoms with Crippen LogP contribution >= 0.6 is 28.1 Å². The Labute approximate surface area is 224 Å². The Morgan fingerprint density at radius 3 is 2.42 bits per heavy atom. The van der Waals surface area contributed by atoms with Crippen molar-refractivity contribution in [3.8, 4) is 11.4 Å². The summed E-state index contributed by atoms with van der Waals surface area (Å²) in [5, 5.41) is 12.1. The second-order valence-corrected chi connectivity index (χ2v) is 10.0. The SMILES string of the molecule is CCCCCCCn1nc(Cc2ccc(OC)cc2)n(Cc2n[nH]c(=S)n2-c2ccc(Br)cc2)c1=O. The molecule has 4 aromatic rings. The molecule has 0 radical (unpaired) electrons. The number of aromatic amines is 1. The number of ether oxygens (including phenoxy) is 1. The molecule has 0 unspecified atom stereocenters. The fraction of sp³-hybridized carbons (Fsp3) is 0.385. The summed E-state index contributed by atoms with van der Waals surface area (Å²) >= 11 is 8.98. The molecule has 0 aliphatic rings. The van der Waals surface area contributed by atoms with Gasteiger partial charge in [-0.15, -0.1) is 0 Å². The fourth-order valence-corrected chi connectivity index (χ4v) is 4.67. The molecule has 1 N–H and O–H groups in total. The van der Waals surface area contributed by atoms with Gasteiger partial charge >= 0.3 is 5.69 Å². The van der Waals surface area contributed by atoms with E-state index in [2.05, 4.69) is 33.1 Å². The number of unbranched alkanes of at least 4 members (excludes halogenated alkanes) is 4. The van der Waals surface area contributed by atoms with Crippen LogP contribution in [0.25, 0.3) is 5.69 Å². The van der Waals surface area contributed by atoms with Gasteiger partial charge in [0.1, 0.15) is 11.6 Å². The third-order valence-corrected chi connectivity index (χ3v) is 6.92. The molecule has 8 nitrogen and oxygen atoms in total. The van der Waals surface area contributed by atoms with Crippen LogP contribution in [0.2, 0.25) is 0 Å². The smallest absolute Gasteiger partial charge is 0.346 e. The summed E-state index contributed by atoms with van der Waals surface area (Å²) in [5.41, 5.74) is 1.79. The van der Waals surface area contributed by atoms with Crippen LogP contribution in [0.3, 0.4) is 0 Å². The van der Waals surface area contributed by atoms with E-state index in [1.54, 1.807) is 16.4 Å². The Bertz CT molecular complexity index is 1390. The lowest BCUT2D eigenvalue weighted by Crippen LogP contribution is -2.27. The topological polar surface area (TPSA) is 82.7 Å². The maximum absolute atomic E-state index is 13.5. The van der Waals surface area contributed by atoms with Crippen LogP contribution in [0, 0.1) is 4.77 Å². The van der Waals surface area contributed by atoms with Gasteiger partial charge in [0, 0.05) is 23.1 Å². The van der Waals surface area contributed by atoms with Crippen molar-refractivity contribution in [3.63, 3.8) is 0 Å². The van der Waals surface area contributed by atoms with Crippen LogP contribution in [-0.4, -0.2) is 36.2 Å². The van der Waals surface area contributed by atoms with Gasteiger partial charge in [0.15, 0.2) is 10.6 Å². The minimum absolute atomic E-state index is 0.134. The second-order valence-electron chi connectivity index (χ2n) is 8.70. The predicted molar refractivity (Wildman–Crippen MR) is 147 cm³/mol. The number of aryl methyl sites for hydroxylation is 1. The lowest BCUT2D eigenvalue weighted by atomic mass is 10.1. The molecule has 2 heterocycles. The Hall–Kier alpha value is -2.98. The summed E-state index contributed by atoms with van der Waals surface area (Å²) in [6.07, 6.45) is 6.11. The van der Waals surface area contributed by atoms with Gasteiger partial charge in [-0.1, -0.05) is 60.7 Å². The number of aromatic nitrogens is 6. The molecular weight excluding hydrogens is 540 g/mol. The molecule has 0 aliphatic heterocycles. The molecule has 2 aromatic carbocycles. The number of nitrogens with one attached hydrogen (secondary N) is 1. The number of nitrogens with zero attached hydrogens (tertiary/aromatic N) is 5. The summed E-state index contributed by atoms with van der Waals surface area (Å²) in [4.78, 5) is 13.5. The van der Waals surface area contributed by atoms with Crippen LogP contribution in [0.4, 0.5) is 0 Å². The van der Waals surface area contributed by atoms with Gasteiger partial charge in [-0.3, -0.25) is 14.2 Å². The number of H-pyrrole nitrogens is 1. The molecule has 0 spiro atoms. The van der Waals surface area contributed by atoms with Crippen molar-refractivity contribution >= 4 is 28.1 Å². The molecule has 0 bridgehead atoms. The number of rotatable bonds is 12. The van der Waals surface area contributed by atoms with Crippen LogP contribution in [0.5, 0.6) is 5.75 Å². The number of hydrogen-bond donors (Lipinski definition) is 1. The van der Waals surface area contributed by atoms with E-state index in [1.807, 2.05) is 53.1 Å². The van der Waals surface area contributed by atoms with Crippen molar-refractivity contribution in [2.24, 2.45) is 0 Å². The first-order valence-corrected chi connectivity index (χ1v) is 13.4. The molecule has 10 heteroatoms. The highest BCUT2D eigenvalue weighted by Gasteiger charge is 2.18. The second kappa shape index (κ2) is 12.3. The normalized spacial score (nSPS) is 11.2. The Kier molecular flexibility index (Phi) is 8.93. The van der Waals surface area contributed by atoms with Gasteiger partial charge in [0.2, 0.25) is 0 Å². The van der Waals surface area contributed by atoms with Gasteiger partial charge in [0.25, 0.3) is 0 Å². The van der Waals surface area contributed by atoms with Crippen molar-refractivity contribution in [3.05, 3.63) is 85.5 Å². The van der Waals surface area contributed by atoms with Gasteiger partial charge in [0.05, 0.1) is 13.7 Å². The molecule has 0 amide bonds. The molecule has 36 heavy (non-hydrogen) atoms. The van der Waals surface area contributed by atoms with E-state index < -0.39 is 0 Å². The zero-order valence-corrected chi connectivity index (χ0v) is 23.0. The number of halogens is 1. The molecule has 2 aromatic heterocycles. The van der Waals surface area contributed by atoms with Crippen LogP contribution < -0.4 is 10.4 Å². The third kappa shape index (κ3) is 6.22. The fourth-order valence-electron chi connectivity index (χ4n) is 4.15. The Balaban J connectivity index is 1.66. The van der Waals surface area contributed by atoms with Crippen molar-refractivity contribution < 1.29 is 4.74 Å². The molecule has 0 atom stereocenters. The molecule has 0 saturated carbocycles. The Morgan fingerprint density at radius 2 is 1.72 bits per heavy atom. The molecule has 0 aliphatic carbocycles. The highest BCUT2D eigenvalue weighted by Crippen LogP contribution is 2.18. The number of benzene rings is 2. The van der Waals surface area contributed by atoms with Crippen LogP contribution in [0.15, 0.2) is 57.8 Å². The largest absolute Gasteiger partial charge is 0.497 e. The minimum Gasteiger partial charge on any atom is -0.497 e. The lowest BCUT2D eigenvalue weighted by molar-refractivity contribution is 0.414. The van der Waals surface area contributed by atoms with E-state index in [0.717, 1.165) is 34.3 Å². The van der Waals surface area contributed by atoms with Crippen molar-refractivity contribution in [2.75, 3.05) is 7.11 Å². The summed E-state index contributed by atoms with van der Waals surface area (Å²) < 4.78 is 11.9. The van der Waals surface area contributed by atoms with Crippen molar-refractivity contribution in [1.29, 1.82) is 0 Å². The third-order valence-electron chi connectivity index (χ3n) is 6.12.